The maximum atomic E-state index is 12.1. The van der Waals surface area contributed by atoms with Gasteiger partial charge in [0, 0.05) is 12.7 Å². The first-order valence-corrected chi connectivity index (χ1v) is 7.06. The van der Waals surface area contributed by atoms with Gasteiger partial charge >= 0.3 is 5.97 Å². The van der Waals surface area contributed by atoms with E-state index in [0.717, 1.165) is 0 Å². The average Bonchev–Trinajstić information content (AvgIpc) is 2.45. The van der Waals surface area contributed by atoms with Gasteiger partial charge in [0.15, 0.2) is 5.54 Å². The van der Waals surface area contributed by atoms with E-state index in [9.17, 15) is 14.7 Å². The molecule has 2 N–H and O–H groups in total. The topological polar surface area (TPSA) is 84.9 Å². The largest absolute Gasteiger partial charge is 0.493 e. The Hall–Kier alpha value is -2.08. The number of benzene rings is 1. The Morgan fingerprint density at radius 2 is 1.86 bits per heavy atom. The Bertz CT molecular complexity index is 512. The molecule has 0 saturated heterocycles. The quantitative estimate of drug-likeness (QED) is 0.766. The van der Waals surface area contributed by atoms with Crippen molar-refractivity contribution >= 4 is 11.9 Å². The van der Waals surface area contributed by atoms with E-state index in [4.69, 9.17) is 9.47 Å². The summed E-state index contributed by atoms with van der Waals surface area (Å²) in [4.78, 5) is 23.4. The SMILES string of the molecule is COCC(C)(NC(=O)c1ccc(OCC(C)C)cc1)C(=O)O. The number of hydrogen-bond acceptors (Lipinski definition) is 4. The van der Waals surface area contributed by atoms with Crippen LogP contribution in [0.3, 0.4) is 0 Å². The zero-order chi connectivity index (χ0) is 16.8. The van der Waals surface area contributed by atoms with E-state index in [1.165, 1.54) is 14.0 Å². The number of hydrogen-bond donors (Lipinski definition) is 2. The van der Waals surface area contributed by atoms with Crippen molar-refractivity contribution in [3.8, 4) is 5.75 Å². The number of ether oxygens (including phenoxy) is 2. The van der Waals surface area contributed by atoms with Crippen molar-refractivity contribution in [1.29, 1.82) is 0 Å². The van der Waals surface area contributed by atoms with E-state index in [-0.39, 0.29) is 6.61 Å². The minimum absolute atomic E-state index is 0.121. The number of carbonyl (C=O) groups excluding carboxylic acids is 1. The second kappa shape index (κ2) is 7.79. The van der Waals surface area contributed by atoms with Gasteiger partial charge in [-0.2, -0.15) is 0 Å². The lowest BCUT2D eigenvalue weighted by atomic mass is 10.0. The molecule has 0 radical (unpaired) electrons. The summed E-state index contributed by atoms with van der Waals surface area (Å²) in [6.07, 6.45) is 0. The Morgan fingerprint density at radius 1 is 1.27 bits per heavy atom. The molecule has 6 heteroatoms. The van der Waals surface area contributed by atoms with Crippen LogP contribution in [0.4, 0.5) is 0 Å². The lowest BCUT2D eigenvalue weighted by Gasteiger charge is -2.25. The van der Waals surface area contributed by atoms with Crippen LogP contribution in [0.2, 0.25) is 0 Å². The predicted molar refractivity (Wildman–Crippen MR) is 82.2 cm³/mol. The van der Waals surface area contributed by atoms with E-state index in [1.54, 1.807) is 24.3 Å². The van der Waals surface area contributed by atoms with Crippen LogP contribution < -0.4 is 10.1 Å². The van der Waals surface area contributed by atoms with Gasteiger partial charge in [-0.25, -0.2) is 4.79 Å². The van der Waals surface area contributed by atoms with E-state index >= 15 is 0 Å². The van der Waals surface area contributed by atoms with Gasteiger partial charge in [-0.15, -0.1) is 0 Å². The van der Waals surface area contributed by atoms with E-state index in [1.807, 2.05) is 13.8 Å². The minimum atomic E-state index is -1.47. The molecule has 0 aliphatic carbocycles. The Balaban J connectivity index is 2.75. The number of methoxy groups -OCH3 is 1. The zero-order valence-corrected chi connectivity index (χ0v) is 13.4. The van der Waals surface area contributed by atoms with E-state index in [2.05, 4.69) is 5.32 Å². The molecule has 0 spiro atoms. The van der Waals surface area contributed by atoms with Crippen LogP contribution in [-0.4, -0.2) is 42.8 Å². The molecule has 0 aromatic heterocycles. The highest BCUT2D eigenvalue weighted by atomic mass is 16.5. The number of aliphatic carboxylic acids is 1. The molecule has 122 valence electrons. The lowest BCUT2D eigenvalue weighted by Crippen LogP contribution is -2.55. The molecule has 1 amide bonds. The second-order valence-electron chi connectivity index (χ2n) is 5.75. The fraction of sp³-hybridized carbons (Fsp3) is 0.500. The van der Waals surface area contributed by atoms with Crippen LogP contribution in [0.25, 0.3) is 0 Å². The molecule has 6 nitrogen and oxygen atoms in total. The molecule has 0 aliphatic rings. The molecule has 1 unspecified atom stereocenters. The monoisotopic (exact) mass is 309 g/mol. The number of carbonyl (C=O) groups is 2. The summed E-state index contributed by atoms with van der Waals surface area (Å²) in [5.41, 5.74) is -1.11. The van der Waals surface area contributed by atoms with Crippen LogP contribution in [0.1, 0.15) is 31.1 Å². The van der Waals surface area contributed by atoms with Gasteiger partial charge in [0.2, 0.25) is 0 Å². The molecule has 0 fully saturated rings. The maximum Gasteiger partial charge on any atom is 0.331 e. The average molecular weight is 309 g/mol. The van der Waals surface area contributed by atoms with Crippen molar-refractivity contribution in [3.05, 3.63) is 29.8 Å². The fourth-order valence-corrected chi connectivity index (χ4v) is 1.73. The molecule has 1 aromatic rings. The molecule has 0 aliphatic heterocycles. The van der Waals surface area contributed by atoms with Crippen molar-refractivity contribution in [1.82, 2.24) is 5.32 Å². The number of rotatable bonds is 8. The number of carboxylic acids is 1. The number of amides is 1. The van der Waals surface area contributed by atoms with Gasteiger partial charge in [0.25, 0.3) is 5.91 Å². The van der Waals surface area contributed by atoms with E-state index in [0.29, 0.717) is 23.8 Å². The highest BCUT2D eigenvalue weighted by Crippen LogP contribution is 2.14. The van der Waals surface area contributed by atoms with Crippen LogP contribution >= 0.6 is 0 Å². The first-order valence-electron chi connectivity index (χ1n) is 7.06. The first-order chi connectivity index (χ1) is 10.3. The standard InChI is InChI=1S/C16H23NO5/c1-11(2)9-22-13-7-5-12(6-8-13)14(18)17-16(3,10-21-4)15(19)20/h5-8,11H,9-10H2,1-4H3,(H,17,18)(H,19,20). The summed E-state index contributed by atoms with van der Waals surface area (Å²) in [7, 11) is 1.38. The van der Waals surface area contributed by atoms with Crippen molar-refractivity contribution in [2.24, 2.45) is 5.92 Å². The third kappa shape index (κ3) is 5.04. The maximum absolute atomic E-state index is 12.1. The lowest BCUT2D eigenvalue weighted by molar-refractivity contribution is -0.145. The van der Waals surface area contributed by atoms with Gasteiger partial charge in [-0.05, 0) is 37.1 Å². The molecular weight excluding hydrogens is 286 g/mol. The number of carboxylic acid groups (broad SMARTS) is 1. The molecular formula is C16H23NO5. The van der Waals surface area contributed by atoms with Gasteiger partial charge < -0.3 is 19.9 Å². The summed E-state index contributed by atoms with van der Waals surface area (Å²) in [5, 5.41) is 11.7. The third-order valence-electron chi connectivity index (χ3n) is 2.99. The summed E-state index contributed by atoms with van der Waals surface area (Å²) in [5.74, 6) is -0.548. The van der Waals surface area contributed by atoms with Crippen molar-refractivity contribution in [2.45, 2.75) is 26.3 Å². The van der Waals surface area contributed by atoms with Crippen LogP contribution in [0.5, 0.6) is 5.75 Å². The molecule has 0 saturated carbocycles. The summed E-state index contributed by atoms with van der Waals surface area (Å²) >= 11 is 0. The molecule has 1 rings (SSSR count). The van der Waals surface area contributed by atoms with Gasteiger partial charge in [0.05, 0.1) is 13.2 Å². The Kier molecular flexibility index (Phi) is 6.37. The second-order valence-corrected chi connectivity index (χ2v) is 5.75. The van der Waals surface area contributed by atoms with Gasteiger partial charge in [-0.3, -0.25) is 4.79 Å². The van der Waals surface area contributed by atoms with Crippen LogP contribution in [0, 0.1) is 5.92 Å². The predicted octanol–water partition coefficient (Wildman–Crippen LogP) is 1.94. The highest BCUT2D eigenvalue weighted by Gasteiger charge is 2.35. The molecule has 0 heterocycles. The van der Waals surface area contributed by atoms with E-state index < -0.39 is 17.4 Å². The van der Waals surface area contributed by atoms with Gasteiger partial charge in [-0.1, -0.05) is 13.8 Å². The summed E-state index contributed by atoms with van der Waals surface area (Å²) in [6, 6.07) is 6.57. The molecule has 1 atom stereocenters. The zero-order valence-electron chi connectivity index (χ0n) is 13.4. The third-order valence-corrected chi connectivity index (χ3v) is 2.99. The first kappa shape index (κ1) is 18.0. The fourth-order valence-electron chi connectivity index (χ4n) is 1.73. The van der Waals surface area contributed by atoms with Crippen LogP contribution in [0.15, 0.2) is 24.3 Å². The Labute approximate surface area is 130 Å². The van der Waals surface area contributed by atoms with Gasteiger partial charge in [0.1, 0.15) is 5.75 Å². The minimum Gasteiger partial charge on any atom is -0.493 e. The molecule has 22 heavy (non-hydrogen) atoms. The van der Waals surface area contributed by atoms with Crippen molar-refractivity contribution < 1.29 is 24.2 Å². The van der Waals surface area contributed by atoms with Crippen molar-refractivity contribution in [2.75, 3.05) is 20.3 Å². The summed E-state index contributed by atoms with van der Waals surface area (Å²) in [6.45, 7) is 5.96. The Morgan fingerprint density at radius 3 is 2.32 bits per heavy atom. The number of nitrogens with one attached hydrogen (secondary N) is 1. The van der Waals surface area contributed by atoms with Crippen molar-refractivity contribution in [3.63, 3.8) is 0 Å². The van der Waals surface area contributed by atoms with Crippen LogP contribution in [-0.2, 0) is 9.53 Å². The summed E-state index contributed by atoms with van der Waals surface area (Å²) < 4.78 is 10.4. The smallest absolute Gasteiger partial charge is 0.331 e. The molecule has 1 aromatic carbocycles. The highest BCUT2D eigenvalue weighted by molar-refractivity contribution is 5.97. The molecule has 0 bridgehead atoms. The normalized spacial score (nSPS) is 13.5.